The third-order valence-electron chi connectivity index (χ3n) is 4.68. The lowest BCUT2D eigenvalue weighted by atomic mass is 9.73. The van der Waals surface area contributed by atoms with Crippen molar-refractivity contribution in [2.75, 3.05) is 11.9 Å². The molecule has 1 fully saturated rings. The Bertz CT molecular complexity index is 392. The van der Waals surface area contributed by atoms with E-state index in [1.807, 2.05) is 12.2 Å². The molecule has 0 aliphatic heterocycles. The molecule has 1 saturated carbocycles. The van der Waals surface area contributed by atoms with Gasteiger partial charge in [0.25, 0.3) is 0 Å². The van der Waals surface area contributed by atoms with Gasteiger partial charge in [0.2, 0.25) is 0 Å². The highest BCUT2D eigenvalue weighted by molar-refractivity contribution is 9.09. The summed E-state index contributed by atoms with van der Waals surface area (Å²) in [5.41, 5.74) is -0.964. The van der Waals surface area contributed by atoms with Crippen molar-refractivity contribution in [2.24, 2.45) is 5.41 Å². The molecule has 0 heterocycles. The van der Waals surface area contributed by atoms with E-state index in [1.54, 1.807) is 6.92 Å². The van der Waals surface area contributed by atoms with Crippen molar-refractivity contribution >= 4 is 27.7 Å². The number of allylic oxidation sites excluding steroid dienone is 2. The molecule has 4 heteroatoms. The van der Waals surface area contributed by atoms with Crippen LogP contribution in [0.25, 0.3) is 0 Å². The lowest BCUT2D eigenvalue weighted by molar-refractivity contribution is -0.160. The number of rotatable bonds is 5. The predicted molar refractivity (Wildman–Crippen MR) is 97.8 cm³/mol. The van der Waals surface area contributed by atoms with Gasteiger partial charge in [0.1, 0.15) is 11.2 Å². The minimum absolute atomic E-state index is 0.0794. The molecular weight excluding hydrogens is 356 g/mol. The predicted octanol–water partition coefficient (Wildman–Crippen LogP) is 5.36. The average molecular weight is 387 g/mol. The fourth-order valence-electron chi connectivity index (χ4n) is 3.28. The Hall–Kier alpha value is -0.640. The van der Waals surface area contributed by atoms with Crippen LogP contribution < -0.4 is 0 Å². The summed E-state index contributed by atoms with van der Waals surface area (Å²) < 4.78 is 5.30. The summed E-state index contributed by atoms with van der Waals surface area (Å²) in [6.45, 7) is 2.13. The third-order valence-corrected chi connectivity index (χ3v) is 5.05. The summed E-state index contributed by atoms with van der Waals surface area (Å²) in [5, 5.41) is 0.736. The van der Waals surface area contributed by atoms with E-state index in [-0.39, 0.29) is 11.8 Å². The van der Waals surface area contributed by atoms with E-state index in [9.17, 15) is 9.59 Å². The van der Waals surface area contributed by atoms with Crippen LogP contribution in [0.2, 0.25) is 0 Å². The zero-order valence-corrected chi connectivity index (χ0v) is 16.0. The maximum atomic E-state index is 12.9. The fourth-order valence-corrected chi connectivity index (χ4v) is 3.55. The summed E-state index contributed by atoms with van der Waals surface area (Å²) in [6.07, 6.45) is 14.4. The summed E-state index contributed by atoms with van der Waals surface area (Å²) in [5.74, 6) is -0.239. The van der Waals surface area contributed by atoms with Gasteiger partial charge in [0, 0.05) is 11.8 Å². The first kappa shape index (κ1) is 20.4. The molecule has 1 aliphatic carbocycles. The molecule has 0 saturated heterocycles. The number of alkyl halides is 1. The number of carbonyl (C=O) groups excluding carboxylic acids is 2. The normalized spacial score (nSPS) is 24.9. The van der Waals surface area contributed by atoms with Crippen LogP contribution in [0, 0.1) is 5.41 Å². The minimum atomic E-state index is -0.964. The highest BCUT2D eigenvalue weighted by atomic mass is 79.9. The van der Waals surface area contributed by atoms with Gasteiger partial charge in [0.05, 0.1) is 6.61 Å². The minimum Gasteiger partial charge on any atom is -0.465 e. The first-order chi connectivity index (χ1) is 11.2. The van der Waals surface area contributed by atoms with E-state index in [0.29, 0.717) is 25.9 Å². The fraction of sp³-hybridized carbons (Fsp3) is 0.789. The number of hydrogen-bond acceptors (Lipinski definition) is 3. The van der Waals surface area contributed by atoms with E-state index >= 15 is 0 Å². The third kappa shape index (κ3) is 6.78. The molecule has 0 N–H and O–H groups in total. The SMILES string of the molecule is CCOC(=O)C1(CC=CCBr)CCCCCCCCCCC1=O. The van der Waals surface area contributed by atoms with Gasteiger partial charge >= 0.3 is 5.97 Å². The molecule has 1 rings (SSSR count). The molecule has 0 amide bonds. The van der Waals surface area contributed by atoms with E-state index in [2.05, 4.69) is 15.9 Å². The van der Waals surface area contributed by atoms with Gasteiger partial charge in [-0.05, 0) is 26.2 Å². The Morgan fingerprint density at radius 2 is 1.70 bits per heavy atom. The highest BCUT2D eigenvalue weighted by Gasteiger charge is 2.44. The molecular formula is C19H31BrO3. The van der Waals surface area contributed by atoms with Crippen LogP contribution in [0.1, 0.15) is 77.6 Å². The molecule has 0 aromatic rings. The van der Waals surface area contributed by atoms with Gasteiger partial charge in [-0.15, -0.1) is 0 Å². The lowest BCUT2D eigenvalue weighted by Crippen LogP contribution is -2.40. The monoisotopic (exact) mass is 386 g/mol. The van der Waals surface area contributed by atoms with Crippen molar-refractivity contribution in [2.45, 2.75) is 77.6 Å². The Morgan fingerprint density at radius 3 is 2.30 bits per heavy atom. The highest BCUT2D eigenvalue weighted by Crippen LogP contribution is 2.35. The molecule has 132 valence electrons. The Kier molecular flexibility index (Phi) is 10.5. The molecule has 23 heavy (non-hydrogen) atoms. The number of Topliss-reactive ketones (excluding diaryl/α,β-unsaturated/α-hetero) is 1. The second kappa shape index (κ2) is 11.8. The maximum Gasteiger partial charge on any atom is 0.319 e. The number of hydrogen-bond donors (Lipinski definition) is 0. The van der Waals surface area contributed by atoms with Crippen LogP contribution in [0.3, 0.4) is 0 Å². The number of esters is 1. The topological polar surface area (TPSA) is 43.4 Å². The molecule has 1 unspecified atom stereocenters. The smallest absolute Gasteiger partial charge is 0.319 e. The molecule has 0 spiro atoms. The lowest BCUT2D eigenvalue weighted by Gasteiger charge is -2.29. The molecule has 0 aromatic carbocycles. The van der Waals surface area contributed by atoms with Crippen LogP contribution in [-0.2, 0) is 14.3 Å². The molecule has 1 atom stereocenters. The van der Waals surface area contributed by atoms with Crippen LogP contribution in [0.5, 0.6) is 0 Å². The van der Waals surface area contributed by atoms with Crippen LogP contribution >= 0.6 is 15.9 Å². The van der Waals surface area contributed by atoms with Gasteiger partial charge < -0.3 is 4.74 Å². The molecule has 3 nitrogen and oxygen atoms in total. The number of halogens is 1. The van der Waals surface area contributed by atoms with E-state index in [4.69, 9.17) is 4.74 Å². The van der Waals surface area contributed by atoms with E-state index in [0.717, 1.165) is 31.0 Å². The standard InChI is InChI=1S/C19H31BrO3/c1-2-23-18(22)19(15-11-12-16-20)14-10-8-6-4-3-5-7-9-13-17(19)21/h11-12H,2-10,13-16H2,1H3. The first-order valence-corrected chi connectivity index (χ1v) is 10.2. The van der Waals surface area contributed by atoms with Gasteiger partial charge in [-0.3, -0.25) is 9.59 Å². The molecule has 0 aromatic heterocycles. The number of ketones is 1. The van der Waals surface area contributed by atoms with Crippen molar-refractivity contribution in [3.8, 4) is 0 Å². The number of carbonyl (C=O) groups is 2. The summed E-state index contributed by atoms with van der Waals surface area (Å²) in [7, 11) is 0. The van der Waals surface area contributed by atoms with E-state index in [1.165, 1.54) is 25.7 Å². The Labute approximate surface area is 149 Å². The second-order valence-corrected chi connectivity index (χ2v) is 7.03. The van der Waals surface area contributed by atoms with Crippen molar-refractivity contribution in [1.29, 1.82) is 0 Å². The molecule has 1 aliphatic rings. The van der Waals surface area contributed by atoms with Crippen LogP contribution in [0.4, 0.5) is 0 Å². The largest absolute Gasteiger partial charge is 0.465 e. The van der Waals surface area contributed by atoms with Crippen LogP contribution in [0.15, 0.2) is 12.2 Å². The summed E-state index contributed by atoms with van der Waals surface area (Å²) in [4.78, 5) is 25.6. The van der Waals surface area contributed by atoms with Crippen molar-refractivity contribution in [3.63, 3.8) is 0 Å². The van der Waals surface area contributed by atoms with Crippen LogP contribution in [-0.4, -0.2) is 23.7 Å². The Balaban J connectivity index is 2.95. The van der Waals surface area contributed by atoms with Gasteiger partial charge in [-0.25, -0.2) is 0 Å². The van der Waals surface area contributed by atoms with Gasteiger partial charge in [0.15, 0.2) is 0 Å². The zero-order chi connectivity index (χ0) is 17.0. The zero-order valence-electron chi connectivity index (χ0n) is 14.4. The first-order valence-electron chi connectivity index (χ1n) is 9.09. The molecule has 0 radical (unpaired) electrons. The summed E-state index contributed by atoms with van der Waals surface area (Å²) >= 11 is 3.36. The van der Waals surface area contributed by atoms with Gasteiger partial charge in [-0.2, -0.15) is 0 Å². The Morgan fingerprint density at radius 1 is 1.09 bits per heavy atom. The van der Waals surface area contributed by atoms with Crippen molar-refractivity contribution in [1.82, 2.24) is 0 Å². The quantitative estimate of drug-likeness (QED) is 0.276. The van der Waals surface area contributed by atoms with Crippen molar-refractivity contribution in [3.05, 3.63) is 12.2 Å². The maximum absolute atomic E-state index is 12.9. The number of ether oxygens (including phenoxy) is 1. The summed E-state index contributed by atoms with van der Waals surface area (Å²) in [6, 6.07) is 0. The average Bonchev–Trinajstić information content (AvgIpc) is 2.53. The van der Waals surface area contributed by atoms with Gasteiger partial charge in [-0.1, -0.05) is 73.0 Å². The van der Waals surface area contributed by atoms with E-state index < -0.39 is 5.41 Å². The molecule has 0 bridgehead atoms. The van der Waals surface area contributed by atoms with Crippen molar-refractivity contribution < 1.29 is 14.3 Å². The second-order valence-electron chi connectivity index (χ2n) is 6.38.